The molecule has 1 atom stereocenters. The van der Waals surface area contributed by atoms with Crippen LogP contribution in [0.1, 0.15) is 37.1 Å². The van der Waals surface area contributed by atoms with Crippen LogP contribution in [-0.4, -0.2) is 42.8 Å². The summed E-state index contributed by atoms with van der Waals surface area (Å²) in [5.41, 5.74) is 0. The summed E-state index contributed by atoms with van der Waals surface area (Å²) in [6, 6.07) is 4.24. The summed E-state index contributed by atoms with van der Waals surface area (Å²) in [4.78, 5) is 30.2. The molecule has 1 saturated heterocycles. The Kier molecular flexibility index (Phi) is 8.53. The number of nitrogens with zero attached hydrogens (tertiary/aromatic N) is 2. The van der Waals surface area contributed by atoms with Crippen molar-refractivity contribution in [1.29, 1.82) is 0 Å². The van der Waals surface area contributed by atoms with Gasteiger partial charge in [0.25, 0.3) is 0 Å². The standard InChI is InChI=1S/C15H22N4O2S.HI/c1-11(12-5-4-10-22-12)18-15(16-2)17-8-9-19-13(20)6-3-7-14(19)21;/h4-5,10-11H,3,6-9H2,1-2H3,(H2,16,17,18);1H. The maximum Gasteiger partial charge on any atom is 0.229 e. The average Bonchev–Trinajstić information content (AvgIpc) is 3.03. The average molecular weight is 450 g/mol. The number of nitrogens with one attached hydrogen (secondary N) is 2. The fourth-order valence-electron chi connectivity index (χ4n) is 2.34. The van der Waals surface area contributed by atoms with Crippen LogP contribution in [0, 0.1) is 0 Å². The van der Waals surface area contributed by atoms with Gasteiger partial charge in [0.2, 0.25) is 11.8 Å². The zero-order valence-corrected chi connectivity index (χ0v) is 16.5. The molecule has 2 rings (SSSR count). The van der Waals surface area contributed by atoms with E-state index in [0.717, 1.165) is 0 Å². The van der Waals surface area contributed by atoms with Gasteiger partial charge in [-0.25, -0.2) is 0 Å². The van der Waals surface area contributed by atoms with E-state index in [1.54, 1.807) is 18.4 Å². The monoisotopic (exact) mass is 450 g/mol. The Morgan fingerprint density at radius 1 is 1.39 bits per heavy atom. The van der Waals surface area contributed by atoms with Crippen molar-refractivity contribution in [1.82, 2.24) is 15.5 Å². The van der Waals surface area contributed by atoms with Crippen molar-refractivity contribution in [2.45, 2.75) is 32.2 Å². The number of guanidine groups is 1. The third-order valence-corrected chi connectivity index (χ3v) is 4.61. The summed E-state index contributed by atoms with van der Waals surface area (Å²) in [7, 11) is 1.70. The first kappa shape index (κ1) is 19.9. The number of carbonyl (C=O) groups excluding carboxylic acids is 2. The van der Waals surface area contributed by atoms with E-state index < -0.39 is 0 Å². The van der Waals surface area contributed by atoms with E-state index in [1.165, 1.54) is 9.78 Å². The van der Waals surface area contributed by atoms with Crippen LogP contribution in [0.4, 0.5) is 0 Å². The summed E-state index contributed by atoms with van der Waals surface area (Å²) in [5, 5.41) is 8.48. The Hall–Kier alpha value is -1.16. The van der Waals surface area contributed by atoms with E-state index in [-0.39, 0.29) is 41.8 Å². The van der Waals surface area contributed by atoms with Crippen LogP contribution in [-0.2, 0) is 9.59 Å². The number of imide groups is 1. The summed E-state index contributed by atoms with van der Waals surface area (Å²) in [6.07, 6.45) is 1.60. The molecule has 0 bridgehead atoms. The lowest BCUT2D eigenvalue weighted by molar-refractivity contribution is -0.147. The number of piperidine rings is 1. The van der Waals surface area contributed by atoms with Crippen molar-refractivity contribution in [2.24, 2.45) is 4.99 Å². The number of halogens is 1. The molecule has 0 saturated carbocycles. The van der Waals surface area contributed by atoms with E-state index in [9.17, 15) is 9.59 Å². The van der Waals surface area contributed by atoms with Crippen molar-refractivity contribution < 1.29 is 9.59 Å². The number of aliphatic imine (C=N–C) groups is 1. The van der Waals surface area contributed by atoms with Crippen LogP contribution in [0.3, 0.4) is 0 Å². The molecule has 23 heavy (non-hydrogen) atoms. The maximum absolute atomic E-state index is 11.7. The molecule has 2 amide bonds. The molecular weight excluding hydrogens is 427 g/mol. The molecule has 0 aromatic carbocycles. The van der Waals surface area contributed by atoms with Gasteiger partial charge in [0.15, 0.2) is 5.96 Å². The van der Waals surface area contributed by atoms with Gasteiger partial charge in [-0.1, -0.05) is 6.07 Å². The van der Waals surface area contributed by atoms with Crippen molar-refractivity contribution in [3.8, 4) is 0 Å². The predicted octanol–water partition coefficient (Wildman–Crippen LogP) is 2.13. The number of thiophene rings is 1. The van der Waals surface area contributed by atoms with Crippen LogP contribution in [0.2, 0.25) is 0 Å². The normalized spacial score (nSPS) is 16.8. The summed E-state index contributed by atoms with van der Waals surface area (Å²) < 4.78 is 0. The molecule has 2 heterocycles. The van der Waals surface area contributed by atoms with Crippen LogP contribution in [0.25, 0.3) is 0 Å². The molecule has 1 fully saturated rings. The molecular formula is C15H23IN4O2S. The summed E-state index contributed by atoms with van der Waals surface area (Å²) in [6.45, 7) is 2.94. The molecule has 0 radical (unpaired) electrons. The van der Waals surface area contributed by atoms with Gasteiger partial charge < -0.3 is 10.6 Å². The Morgan fingerprint density at radius 2 is 2.09 bits per heavy atom. The minimum Gasteiger partial charge on any atom is -0.355 e. The molecule has 0 aliphatic carbocycles. The third kappa shape index (κ3) is 5.76. The molecule has 1 aromatic rings. The minimum atomic E-state index is -0.0760. The number of rotatable bonds is 5. The third-order valence-electron chi connectivity index (χ3n) is 3.56. The largest absolute Gasteiger partial charge is 0.355 e. The second-order valence-corrected chi connectivity index (χ2v) is 6.15. The van der Waals surface area contributed by atoms with Crippen LogP contribution in [0.15, 0.2) is 22.5 Å². The van der Waals surface area contributed by atoms with E-state index in [1.807, 2.05) is 11.4 Å². The molecule has 1 aromatic heterocycles. The number of likely N-dealkylation sites (tertiary alicyclic amines) is 1. The fraction of sp³-hybridized carbons (Fsp3) is 0.533. The number of carbonyl (C=O) groups is 2. The molecule has 2 N–H and O–H groups in total. The SMILES string of the molecule is CN=C(NCCN1C(=O)CCCC1=O)NC(C)c1cccs1.I. The van der Waals surface area contributed by atoms with Crippen LogP contribution < -0.4 is 10.6 Å². The highest BCUT2D eigenvalue weighted by atomic mass is 127. The van der Waals surface area contributed by atoms with Crippen molar-refractivity contribution >= 4 is 53.1 Å². The fourth-order valence-corrected chi connectivity index (χ4v) is 3.08. The quantitative estimate of drug-likeness (QED) is 0.312. The predicted molar refractivity (Wildman–Crippen MR) is 103 cm³/mol. The zero-order valence-electron chi connectivity index (χ0n) is 13.4. The van der Waals surface area contributed by atoms with Crippen LogP contribution >= 0.6 is 35.3 Å². The molecule has 128 valence electrons. The van der Waals surface area contributed by atoms with Crippen LogP contribution in [0.5, 0.6) is 0 Å². The second kappa shape index (κ2) is 9.86. The first-order valence-corrected chi connectivity index (χ1v) is 8.33. The van der Waals surface area contributed by atoms with Gasteiger partial charge in [-0.15, -0.1) is 35.3 Å². The van der Waals surface area contributed by atoms with E-state index in [2.05, 4.69) is 28.6 Å². The second-order valence-electron chi connectivity index (χ2n) is 5.17. The molecule has 1 aliphatic rings. The lowest BCUT2D eigenvalue weighted by Crippen LogP contribution is -2.46. The summed E-state index contributed by atoms with van der Waals surface area (Å²) >= 11 is 1.69. The van der Waals surface area contributed by atoms with Crippen molar-refractivity contribution in [3.05, 3.63) is 22.4 Å². The first-order chi connectivity index (χ1) is 10.6. The van der Waals surface area contributed by atoms with Gasteiger partial charge in [0.1, 0.15) is 0 Å². The molecule has 6 nitrogen and oxygen atoms in total. The zero-order chi connectivity index (χ0) is 15.9. The number of hydrogen-bond acceptors (Lipinski definition) is 4. The Labute approximate surface area is 157 Å². The highest BCUT2D eigenvalue weighted by Crippen LogP contribution is 2.17. The Morgan fingerprint density at radius 3 is 2.65 bits per heavy atom. The van der Waals surface area contributed by atoms with Gasteiger partial charge in [-0.2, -0.15) is 0 Å². The maximum atomic E-state index is 11.7. The van der Waals surface area contributed by atoms with Gasteiger partial charge >= 0.3 is 0 Å². The lowest BCUT2D eigenvalue weighted by Gasteiger charge is -2.25. The summed E-state index contributed by atoms with van der Waals surface area (Å²) in [5.74, 6) is 0.513. The topological polar surface area (TPSA) is 73.8 Å². The number of hydrogen-bond donors (Lipinski definition) is 2. The van der Waals surface area contributed by atoms with Crippen molar-refractivity contribution in [2.75, 3.05) is 20.1 Å². The van der Waals surface area contributed by atoms with Gasteiger partial charge in [0, 0.05) is 37.9 Å². The van der Waals surface area contributed by atoms with E-state index in [0.29, 0.717) is 38.3 Å². The number of amides is 2. The smallest absolute Gasteiger partial charge is 0.229 e. The first-order valence-electron chi connectivity index (χ1n) is 7.45. The van der Waals surface area contributed by atoms with E-state index in [4.69, 9.17) is 0 Å². The molecule has 1 aliphatic heterocycles. The van der Waals surface area contributed by atoms with Gasteiger partial charge in [0.05, 0.1) is 6.04 Å². The Bertz CT molecular complexity index is 532. The highest BCUT2D eigenvalue weighted by molar-refractivity contribution is 14.0. The Balaban J connectivity index is 0.00000264. The van der Waals surface area contributed by atoms with Gasteiger partial charge in [-0.3, -0.25) is 19.5 Å². The molecule has 0 spiro atoms. The highest BCUT2D eigenvalue weighted by Gasteiger charge is 2.25. The minimum absolute atomic E-state index is 0. The lowest BCUT2D eigenvalue weighted by atomic mass is 10.1. The van der Waals surface area contributed by atoms with Gasteiger partial charge in [-0.05, 0) is 24.8 Å². The van der Waals surface area contributed by atoms with Crippen molar-refractivity contribution in [3.63, 3.8) is 0 Å². The van der Waals surface area contributed by atoms with E-state index >= 15 is 0 Å². The molecule has 1 unspecified atom stereocenters. The molecule has 8 heteroatoms.